The molecule has 0 aliphatic heterocycles. The van der Waals surface area contributed by atoms with E-state index in [1.165, 1.54) is 4.88 Å². The van der Waals surface area contributed by atoms with E-state index >= 15 is 0 Å². The summed E-state index contributed by atoms with van der Waals surface area (Å²) < 4.78 is 10.9. The quantitative estimate of drug-likeness (QED) is 0.871. The summed E-state index contributed by atoms with van der Waals surface area (Å²) in [5, 5.41) is 2.08. The lowest BCUT2D eigenvalue weighted by molar-refractivity contribution is 0.318. The van der Waals surface area contributed by atoms with Crippen molar-refractivity contribution in [1.29, 1.82) is 0 Å². The van der Waals surface area contributed by atoms with Crippen LogP contribution in [-0.2, 0) is 13.0 Å². The first-order valence-corrected chi connectivity index (χ1v) is 6.73. The fourth-order valence-electron chi connectivity index (χ4n) is 1.70. The fourth-order valence-corrected chi connectivity index (χ4v) is 2.39. The molecule has 0 bridgehead atoms. The zero-order valence-corrected chi connectivity index (χ0v) is 11.2. The Labute approximate surface area is 111 Å². The van der Waals surface area contributed by atoms with Gasteiger partial charge in [0.05, 0.1) is 13.7 Å². The van der Waals surface area contributed by atoms with Crippen LogP contribution in [0.4, 0.5) is 0 Å². The van der Waals surface area contributed by atoms with Gasteiger partial charge in [-0.2, -0.15) is 0 Å². The van der Waals surface area contributed by atoms with Crippen molar-refractivity contribution in [2.75, 3.05) is 13.7 Å². The monoisotopic (exact) mass is 263 g/mol. The molecule has 0 amide bonds. The molecule has 1 heterocycles. The van der Waals surface area contributed by atoms with Gasteiger partial charge in [-0.05, 0) is 29.6 Å². The van der Waals surface area contributed by atoms with E-state index < -0.39 is 0 Å². The number of nitrogens with two attached hydrogens (primary N) is 1. The molecule has 0 saturated carbocycles. The van der Waals surface area contributed by atoms with Crippen LogP contribution in [0.5, 0.6) is 11.5 Å². The van der Waals surface area contributed by atoms with Crippen LogP contribution < -0.4 is 15.2 Å². The lowest BCUT2D eigenvalue weighted by Gasteiger charge is -2.11. The molecule has 0 aliphatic carbocycles. The maximum absolute atomic E-state index is 5.77. The van der Waals surface area contributed by atoms with Crippen LogP contribution in [0.1, 0.15) is 10.4 Å². The summed E-state index contributed by atoms with van der Waals surface area (Å²) in [4.78, 5) is 1.33. The van der Waals surface area contributed by atoms with Gasteiger partial charge in [0, 0.05) is 23.4 Å². The minimum absolute atomic E-state index is 0.450. The molecule has 3 nitrogen and oxygen atoms in total. The summed E-state index contributed by atoms with van der Waals surface area (Å²) in [5.74, 6) is 1.65. The summed E-state index contributed by atoms with van der Waals surface area (Å²) in [5.41, 5.74) is 6.68. The number of hydrogen-bond donors (Lipinski definition) is 1. The number of benzene rings is 1. The number of ether oxygens (including phenoxy) is 2. The highest BCUT2D eigenvalue weighted by Gasteiger charge is 2.04. The van der Waals surface area contributed by atoms with Gasteiger partial charge in [-0.15, -0.1) is 11.3 Å². The highest BCUT2D eigenvalue weighted by Crippen LogP contribution is 2.24. The molecule has 18 heavy (non-hydrogen) atoms. The Morgan fingerprint density at radius 1 is 1.28 bits per heavy atom. The third-order valence-corrected chi connectivity index (χ3v) is 3.61. The predicted molar refractivity (Wildman–Crippen MR) is 74.4 cm³/mol. The van der Waals surface area contributed by atoms with Crippen molar-refractivity contribution >= 4 is 11.3 Å². The second-order valence-corrected chi connectivity index (χ2v) is 4.89. The van der Waals surface area contributed by atoms with E-state index in [2.05, 4.69) is 17.5 Å². The predicted octanol–water partition coefficient (Wildman–Crippen LogP) is 2.84. The van der Waals surface area contributed by atoms with E-state index in [1.807, 2.05) is 18.2 Å². The maximum Gasteiger partial charge on any atom is 0.124 e. The molecule has 2 aromatic rings. The second kappa shape index (κ2) is 6.42. The Morgan fingerprint density at radius 3 is 2.83 bits per heavy atom. The van der Waals surface area contributed by atoms with Crippen LogP contribution in [0.2, 0.25) is 0 Å². The standard InChI is InChI=1S/C14H17NO2S/c1-16-12-4-5-14(11(9-12)10-15)17-7-6-13-3-2-8-18-13/h2-5,8-9H,6-7,10,15H2,1H3. The molecule has 2 N–H and O–H groups in total. The number of hydrogen-bond acceptors (Lipinski definition) is 4. The van der Waals surface area contributed by atoms with Gasteiger partial charge in [0.2, 0.25) is 0 Å². The third-order valence-electron chi connectivity index (χ3n) is 2.67. The van der Waals surface area contributed by atoms with Crippen molar-refractivity contribution < 1.29 is 9.47 Å². The van der Waals surface area contributed by atoms with Gasteiger partial charge in [0.25, 0.3) is 0 Å². The highest BCUT2D eigenvalue weighted by atomic mass is 32.1. The first kappa shape index (κ1) is 12.9. The van der Waals surface area contributed by atoms with Crippen molar-refractivity contribution in [2.45, 2.75) is 13.0 Å². The summed E-state index contributed by atoms with van der Waals surface area (Å²) in [7, 11) is 1.65. The van der Waals surface area contributed by atoms with Crippen molar-refractivity contribution in [3.63, 3.8) is 0 Å². The molecule has 1 aromatic heterocycles. The van der Waals surface area contributed by atoms with E-state index in [1.54, 1.807) is 18.4 Å². The smallest absolute Gasteiger partial charge is 0.124 e. The lowest BCUT2D eigenvalue weighted by Crippen LogP contribution is -2.05. The van der Waals surface area contributed by atoms with E-state index in [4.69, 9.17) is 15.2 Å². The Morgan fingerprint density at radius 2 is 2.17 bits per heavy atom. The van der Waals surface area contributed by atoms with Crippen molar-refractivity contribution in [1.82, 2.24) is 0 Å². The minimum Gasteiger partial charge on any atom is -0.497 e. The van der Waals surface area contributed by atoms with Gasteiger partial charge < -0.3 is 15.2 Å². The largest absolute Gasteiger partial charge is 0.497 e. The van der Waals surface area contributed by atoms with Crippen molar-refractivity contribution in [2.24, 2.45) is 5.73 Å². The Balaban J connectivity index is 1.96. The normalized spacial score (nSPS) is 10.3. The van der Waals surface area contributed by atoms with Crippen molar-refractivity contribution in [3.8, 4) is 11.5 Å². The minimum atomic E-state index is 0.450. The molecule has 0 fully saturated rings. The average Bonchev–Trinajstić information content (AvgIpc) is 2.92. The number of thiophene rings is 1. The fraction of sp³-hybridized carbons (Fsp3) is 0.286. The van der Waals surface area contributed by atoms with E-state index in [0.29, 0.717) is 13.2 Å². The third kappa shape index (κ3) is 3.24. The molecule has 0 radical (unpaired) electrons. The summed E-state index contributed by atoms with van der Waals surface area (Å²) in [6.45, 7) is 1.12. The van der Waals surface area contributed by atoms with Crippen LogP contribution in [0, 0.1) is 0 Å². The van der Waals surface area contributed by atoms with Gasteiger partial charge in [0.1, 0.15) is 11.5 Å². The van der Waals surface area contributed by atoms with Crippen LogP contribution in [0.3, 0.4) is 0 Å². The molecule has 1 aromatic carbocycles. The average molecular weight is 263 g/mol. The molecule has 96 valence electrons. The Hall–Kier alpha value is -1.52. The molecule has 2 rings (SSSR count). The SMILES string of the molecule is COc1ccc(OCCc2cccs2)c(CN)c1. The molecule has 4 heteroatoms. The van der Waals surface area contributed by atoms with E-state index in [9.17, 15) is 0 Å². The molecular formula is C14H17NO2S. The van der Waals surface area contributed by atoms with Gasteiger partial charge in [-0.3, -0.25) is 0 Å². The molecule has 0 unspecified atom stereocenters. The van der Waals surface area contributed by atoms with Crippen LogP contribution in [0.25, 0.3) is 0 Å². The molecule has 0 saturated heterocycles. The van der Waals surface area contributed by atoms with Crippen LogP contribution >= 0.6 is 11.3 Å². The number of rotatable bonds is 6. The summed E-state index contributed by atoms with van der Waals surface area (Å²) >= 11 is 1.75. The number of methoxy groups -OCH3 is 1. The first-order valence-electron chi connectivity index (χ1n) is 5.85. The highest BCUT2D eigenvalue weighted by molar-refractivity contribution is 7.09. The van der Waals surface area contributed by atoms with E-state index in [0.717, 1.165) is 23.5 Å². The zero-order chi connectivity index (χ0) is 12.8. The van der Waals surface area contributed by atoms with E-state index in [-0.39, 0.29) is 0 Å². The molecule has 0 atom stereocenters. The summed E-state index contributed by atoms with van der Waals surface area (Å²) in [6.07, 6.45) is 0.924. The summed E-state index contributed by atoms with van der Waals surface area (Å²) in [6, 6.07) is 9.89. The van der Waals surface area contributed by atoms with Gasteiger partial charge in [0.15, 0.2) is 0 Å². The van der Waals surface area contributed by atoms with Crippen LogP contribution in [-0.4, -0.2) is 13.7 Å². The zero-order valence-electron chi connectivity index (χ0n) is 10.4. The Bertz CT molecular complexity index is 483. The maximum atomic E-state index is 5.77. The van der Waals surface area contributed by atoms with Gasteiger partial charge in [-0.1, -0.05) is 6.07 Å². The van der Waals surface area contributed by atoms with Gasteiger partial charge >= 0.3 is 0 Å². The molecule has 0 spiro atoms. The van der Waals surface area contributed by atoms with Crippen molar-refractivity contribution in [3.05, 3.63) is 46.2 Å². The second-order valence-electron chi connectivity index (χ2n) is 3.86. The van der Waals surface area contributed by atoms with Gasteiger partial charge in [-0.25, -0.2) is 0 Å². The molecular weight excluding hydrogens is 246 g/mol. The topological polar surface area (TPSA) is 44.5 Å². The lowest BCUT2D eigenvalue weighted by atomic mass is 10.2. The first-order chi connectivity index (χ1) is 8.83. The van der Waals surface area contributed by atoms with Crippen LogP contribution in [0.15, 0.2) is 35.7 Å². The molecule has 0 aliphatic rings. The Kier molecular flexibility index (Phi) is 4.61.